The van der Waals surface area contributed by atoms with Crippen LogP contribution in [0.4, 0.5) is 0 Å². The van der Waals surface area contributed by atoms with E-state index in [1.54, 1.807) is 6.92 Å². The summed E-state index contributed by atoms with van der Waals surface area (Å²) in [6, 6.07) is 0. The second-order valence-electron chi connectivity index (χ2n) is 3.75. The Kier molecular flexibility index (Phi) is 6.56. The van der Waals surface area contributed by atoms with Gasteiger partial charge in [0.15, 0.2) is 9.84 Å². The van der Waals surface area contributed by atoms with Crippen molar-refractivity contribution in [2.45, 2.75) is 33.1 Å². The third-order valence-corrected chi connectivity index (χ3v) is 4.08. The van der Waals surface area contributed by atoms with Crippen LogP contribution >= 0.6 is 0 Å². The molecule has 0 spiro atoms. The molecule has 0 N–H and O–H groups in total. The van der Waals surface area contributed by atoms with Crippen LogP contribution in [0.25, 0.3) is 0 Å². The van der Waals surface area contributed by atoms with E-state index in [0.717, 1.165) is 12.8 Å². The third kappa shape index (κ3) is 6.49. The first-order valence-corrected chi connectivity index (χ1v) is 7.03. The summed E-state index contributed by atoms with van der Waals surface area (Å²) in [7, 11) is -1.84. The smallest absolute Gasteiger partial charge is 0.309 e. The minimum absolute atomic E-state index is 0.108. The molecule has 0 aromatic rings. The molecule has 90 valence electrons. The molecule has 0 bridgehead atoms. The molecule has 0 saturated heterocycles. The van der Waals surface area contributed by atoms with Crippen molar-refractivity contribution in [1.29, 1.82) is 0 Å². The number of hydrogen-bond acceptors (Lipinski definition) is 4. The monoisotopic (exact) mass is 236 g/mol. The van der Waals surface area contributed by atoms with Gasteiger partial charge in [0, 0.05) is 0 Å². The Hall–Kier alpha value is -0.580. The maximum absolute atomic E-state index is 11.5. The zero-order valence-electron chi connectivity index (χ0n) is 9.65. The zero-order chi connectivity index (χ0) is 11.9. The molecule has 0 aliphatic heterocycles. The van der Waals surface area contributed by atoms with Crippen LogP contribution in [-0.2, 0) is 19.4 Å². The van der Waals surface area contributed by atoms with E-state index in [2.05, 4.69) is 4.74 Å². The van der Waals surface area contributed by atoms with E-state index >= 15 is 0 Å². The van der Waals surface area contributed by atoms with Gasteiger partial charge in [0.1, 0.15) is 0 Å². The summed E-state index contributed by atoms with van der Waals surface area (Å²) < 4.78 is 27.5. The summed E-state index contributed by atoms with van der Waals surface area (Å²) in [5, 5.41) is 0. The quantitative estimate of drug-likeness (QED) is 0.495. The van der Waals surface area contributed by atoms with Gasteiger partial charge in [0.05, 0.1) is 24.5 Å². The fourth-order valence-electron chi connectivity index (χ4n) is 1.31. The molecule has 0 aliphatic rings. The maximum atomic E-state index is 11.5. The molecule has 0 aliphatic carbocycles. The van der Waals surface area contributed by atoms with Crippen molar-refractivity contribution in [2.75, 3.05) is 18.6 Å². The van der Waals surface area contributed by atoms with Crippen LogP contribution in [0.1, 0.15) is 33.1 Å². The summed E-state index contributed by atoms with van der Waals surface area (Å²) in [5.41, 5.74) is 0. The van der Waals surface area contributed by atoms with Gasteiger partial charge in [-0.25, -0.2) is 8.42 Å². The van der Waals surface area contributed by atoms with E-state index in [1.165, 1.54) is 7.11 Å². The first-order valence-electron chi connectivity index (χ1n) is 5.21. The van der Waals surface area contributed by atoms with Crippen molar-refractivity contribution >= 4 is 15.8 Å². The lowest BCUT2D eigenvalue weighted by Gasteiger charge is -2.09. The predicted octanol–water partition coefficient (Wildman–Crippen LogP) is 1.40. The molecular formula is C10H20O4S. The van der Waals surface area contributed by atoms with E-state index in [4.69, 9.17) is 0 Å². The standard InChI is InChI=1S/C10H20O4S/c1-4-5-6-7-15(12,13)8-9(2)10(11)14-3/h9H,4-8H2,1-3H3. The number of carbonyl (C=O) groups is 1. The van der Waals surface area contributed by atoms with Gasteiger partial charge in [0.2, 0.25) is 0 Å². The Balaban J connectivity index is 4.08. The highest BCUT2D eigenvalue weighted by atomic mass is 32.2. The Morgan fingerprint density at radius 2 is 1.93 bits per heavy atom. The van der Waals surface area contributed by atoms with E-state index in [0.29, 0.717) is 6.42 Å². The van der Waals surface area contributed by atoms with Crippen LogP contribution in [-0.4, -0.2) is 33.0 Å². The first kappa shape index (κ1) is 14.4. The molecular weight excluding hydrogens is 216 g/mol. The average Bonchev–Trinajstić information content (AvgIpc) is 2.16. The molecule has 1 atom stereocenters. The molecule has 4 nitrogen and oxygen atoms in total. The third-order valence-electron chi connectivity index (χ3n) is 2.17. The SMILES string of the molecule is CCCCCS(=O)(=O)CC(C)C(=O)OC. The highest BCUT2D eigenvalue weighted by molar-refractivity contribution is 7.91. The van der Waals surface area contributed by atoms with Gasteiger partial charge >= 0.3 is 5.97 Å². The largest absolute Gasteiger partial charge is 0.469 e. The van der Waals surface area contributed by atoms with Gasteiger partial charge < -0.3 is 4.74 Å². The topological polar surface area (TPSA) is 60.4 Å². The van der Waals surface area contributed by atoms with E-state index in [9.17, 15) is 13.2 Å². The van der Waals surface area contributed by atoms with Gasteiger partial charge in [0.25, 0.3) is 0 Å². The van der Waals surface area contributed by atoms with E-state index in [1.807, 2.05) is 6.92 Å². The van der Waals surface area contributed by atoms with Crippen molar-refractivity contribution in [2.24, 2.45) is 5.92 Å². The molecule has 0 aromatic carbocycles. The van der Waals surface area contributed by atoms with Crippen LogP contribution in [0.5, 0.6) is 0 Å². The predicted molar refractivity (Wildman–Crippen MR) is 59.4 cm³/mol. The minimum atomic E-state index is -3.11. The molecule has 0 heterocycles. The maximum Gasteiger partial charge on any atom is 0.309 e. The molecule has 0 fully saturated rings. The fourth-order valence-corrected chi connectivity index (χ4v) is 3.01. The zero-order valence-corrected chi connectivity index (χ0v) is 10.5. The lowest BCUT2D eigenvalue weighted by Crippen LogP contribution is -2.24. The fraction of sp³-hybridized carbons (Fsp3) is 0.900. The molecule has 15 heavy (non-hydrogen) atoms. The highest BCUT2D eigenvalue weighted by Crippen LogP contribution is 2.07. The molecule has 1 unspecified atom stereocenters. The van der Waals surface area contributed by atoms with Crippen LogP contribution in [0.2, 0.25) is 0 Å². The molecule has 0 radical (unpaired) electrons. The second-order valence-corrected chi connectivity index (χ2v) is 5.97. The lowest BCUT2D eigenvalue weighted by atomic mass is 10.2. The summed E-state index contributed by atoms with van der Waals surface area (Å²) in [6.45, 7) is 3.59. The Morgan fingerprint density at radius 3 is 2.40 bits per heavy atom. The number of unbranched alkanes of at least 4 members (excludes halogenated alkanes) is 2. The van der Waals surface area contributed by atoms with Gasteiger partial charge in [-0.1, -0.05) is 26.7 Å². The Labute approximate surface area is 91.9 Å². The summed E-state index contributed by atoms with van der Waals surface area (Å²) >= 11 is 0. The number of esters is 1. The van der Waals surface area contributed by atoms with E-state index in [-0.39, 0.29) is 11.5 Å². The van der Waals surface area contributed by atoms with Crippen molar-refractivity contribution in [3.63, 3.8) is 0 Å². The number of methoxy groups -OCH3 is 1. The molecule has 5 heteroatoms. The number of hydrogen-bond donors (Lipinski definition) is 0. The highest BCUT2D eigenvalue weighted by Gasteiger charge is 2.21. The number of ether oxygens (including phenoxy) is 1. The number of sulfone groups is 1. The van der Waals surface area contributed by atoms with Crippen LogP contribution in [0.3, 0.4) is 0 Å². The summed E-state index contributed by atoms with van der Waals surface area (Å²) in [5.74, 6) is -0.971. The minimum Gasteiger partial charge on any atom is -0.469 e. The second kappa shape index (κ2) is 6.82. The normalized spacial score (nSPS) is 13.5. The molecule has 0 amide bonds. The first-order chi connectivity index (χ1) is 6.93. The van der Waals surface area contributed by atoms with Gasteiger partial charge in [-0.2, -0.15) is 0 Å². The average molecular weight is 236 g/mol. The van der Waals surface area contributed by atoms with Crippen molar-refractivity contribution in [3.05, 3.63) is 0 Å². The lowest BCUT2D eigenvalue weighted by molar-refractivity contribution is -0.144. The van der Waals surface area contributed by atoms with Crippen molar-refractivity contribution in [1.82, 2.24) is 0 Å². The van der Waals surface area contributed by atoms with Crippen LogP contribution in [0, 0.1) is 5.92 Å². The van der Waals surface area contributed by atoms with Crippen molar-refractivity contribution < 1.29 is 17.9 Å². The van der Waals surface area contributed by atoms with E-state index < -0.39 is 21.7 Å². The Bertz CT molecular complexity index is 282. The number of carbonyl (C=O) groups excluding carboxylic acids is 1. The van der Waals surface area contributed by atoms with Gasteiger partial charge in [-0.15, -0.1) is 0 Å². The number of rotatable bonds is 7. The Morgan fingerprint density at radius 1 is 1.33 bits per heavy atom. The molecule has 0 saturated carbocycles. The molecule has 0 aromatic heterocycles. The van der Waals surface area contributed by atoms with Gasteiger partial charge in [-0.05, 0) is 6.42 Å². The van der Waals surface area contributed by atoms with Crippen LogP contribution < -0.4 is 0 Å². The summed E-state index contributed by atoms with van der Waals surface area (Å²) in [4.78, 5) is 11.0. The van der Waals surface area contributed by atoms with Gasteiger partial charge in [-0.3, -0.25) is 4.79 Å². The van der Waals surface area contributed by atoms with Crippen LogP contribution in [0.15, 0.2) is 0 Å². The molecule has 0 rings (SSSR count). The summed E-state index contributed by atoms with van der Waals surface area (Å²) in [6.07, 6.45) is 2.57. The van der Waals surface area contributed by atoms with Crippen molar-refractivity contribution in [3.8, 4) is 0 Å².